The van der Waals surface area contributed by atoms with Crippen molar-refractivity contribution in [3.05, 3.63) is 137 Å². The summed E-state index contributed by atoms with van der Waals surface area (Å²) in [5, 5.41) is 12.9. The predicted molar refractivity (Wildman–Crippen MR) is 188 cm³/mol. The lowest BCUT2D eigenvalue weighted by Gasteiger charge is -2.58. The van der Waals surface area contributed by atoms with Crippen molar-refractivity contribution in [3.8, 4) is 22.3 Å². The zero-order valence-corrected chi connectivity index (χ0v) is 31.6. The molecule has 1 N–H and O–H groups in total. The highest BCUT2D eigenvalue weighted by atomic mass is 79.9. The molecule has 0 aliphatic carbocycles. The van der Waals surface area contributed by atoms with Crippen LogP contribution in [0.15, 0.2) is 104 Å². The number of halogens is 13. The third kappa shape index (κ3) is 8.51. The van der Waals surface area contributed by atoms with Crippen molar-refractivity contribution in [2.75, 3.05) is 13.1 Å². The molecule has 5 aromatic rings. The number of quaternary nitrogens is 1. The summed E-state index contributed by atoms with van der Waals surface area (Å²) < 4.78 is 168. The average molecular weight is 890 g/mol. The predicted octanol–water partition coefficient (Wildman–Crippen LogP) is 9.29. The molecule has 4 heterocycles. The van der Waals surface area contributed by atoms with Gasteiger partial charge in [0.25, 0.3) is 0 Å². The van der Waals surface area contributed by atoms with E-state index in [0.29, 0.717) is 66.7 Å². The molecule has 1 aromatic heterocycles. The van der Waals surface area contributed by atoms with E-state index in [4.69, 9.17) is 0 Å². The second-order valence-corrected chi connectivity index (χ2v) is 14.9. The van der Waals surface area contributed by atoms with Crippen LogP contribution < -0.4 is 17.0 Å². The highest BCUT2D eigenvalue weighted by Gasteiger charge is 2.54. The highest BCUT2D eigenvalue weighted by Crippen LogP contribution is 2.49. The molecule has 4 aromatic carbocycles. The first-order valence-corrected chi connectivity index (χ1v) is 17.8. The van der Waals surface area contributed by atoms with Crippen molar-refractivity contribution in [2.24, 2.45) is 11.8 Å². The first kappa shape index (κ1) is 43.2. The largest absolute Gasteiger partial charge is 1.00 e. The number of piperidine rings is 3. The third-order valence-corrected chi connectivity index (χ3v) is 11.4. The lowest BCUT2D eigenvalue weighted by molar-refractivity contribution is -0.984. The van der Waals surface area contributed by atoms with E-state index in [1.807, 2.05) is 0 Å². The van der Waals surface area contributed by atoms with Crippen LogP contribution in [0.5, 0.6) is 0 Å². The van der Waals surface area contributed by atoms with Gasteiger partial charge in [-0.2, -0.15) is 52.7 Å². The van der Waals surface area contributed by atoms with Gasteiger partial charge in [0.15, 0.2) is 0 Å². The quantitative estimate of drug-likeness (QED) is 0.101. The fraction of sp³-hybridized carbons (Fsp3) is 0.310. The minimum atomic E-state index is -5.24. The van der Waals surface area contributed by atoms with Crippen LogP contribution in [-0.4, -0.2) is 33.7 Å². The standard InChI is InChI=1S/C42H33F12N2O.BrH/c1-2-24-22-56(10-8-25(24)18-37(56)38(57)35-7-9-55-36-6-4-3-5-34(35)36)21-23-11-26(28-14-30(39(43,44)45)19-31(15-28)40(46,47)48)13-27(12-23)29-16-32(41(49,50)51)20-33(17-29)42(52,53)54;/h2-7,9,11-17,19-20,24-25,37-38,57H,1,8,10,18,21-22H2;1H/q+1;/p-1/t24-,25-,37+,38-,56+;/m0./s1. The molecule has 3 fully saturated rings. The second-order valence-electron chi connectivity index (χ2n) is 14.9. The number of aliphatic hydroxyl groups excluding tert-OH is 1. The second kappa shape index (κ2) is 15.3. The van der Waals surface area contributed by atoms with E-state index in [-0.39, 0.29) is 68.7 Å². The summed E-state index contributed by atoms with van der Waals surface area (Å²) in [6.07, 6.45) is -17.6. The van der Waals surface area contributed by atoms with Crippen molar-refractivity contribution in [2.45, 2.75) is 56.2 Å². The topological polar surface area (TPSA) is 33.1 Å². The number of hydrogen-bond donors (Lipinski definition) is 1. The smallest absolute Gasteiger partial charge is 0.416 e. The Hall–Kier alpha value is -4.41. The molecule has 3 aliphatic heterocycles. The number of aromatic nitrogens is 1. The van der Waals surface area contributed by atoms with Gasteiger partial charge in [0.2, 0.25) is 0 Å². The summed E-state index contributed by atoms with van der Waals surface area (Å²) in [7, 11) is 0. The molecule has 308 valence electrons. The summed E-state index contributed by atoms with van der Waals surface area (Å²) in [4.78, 5) is 4.38. The Morgan fingerprint density at radius 3 is 1.66 bits per heavy atom. The maximum absolute atomic E-state index is 14.0. The van der Waals surface area contributed by atoms with E-state index in [1.54, 1.807) is 42.6 Å². The number of pyridine rings is 1. The lowest BCUT2D eigenvalue weighted by Crippen LogP contribution is -3.00. The van der Waals surface area contributed by atoms with Crippen LogP contribution in [0.1, 0.15) is 52.3 Å². The average Bonchev–Trinajstić information content (AvgIpc) is 3.15. The van der Waals surface area contributed by atoms with E-state index in [9.17, 15) is 57.8 Å². The molecule has 3 aliphatic rings. The zero-order chi connectivity index (χ0) is 41.3. The third-order valence-electron chi connectivity index (χ3n) is 11.4. The minimum absolute atomic E-state index is 0. The molecule has 5 atom stereocenters. The molecule has 0 spiro atoms. The lowest BCUT2D eigenvalue weighted by atomic mass is 9.71. The van der Waals surface area contributed by atoms with Crippen LogP contribution in [0, 0.1) is 11.8 Å². The molecule has 16 heteroatoms. The SMILES string of the molecule is C=C[C@H]1C[N@+]2(Cc3cc(-c4cc(C(F)(F)F)cc(C(F)(F)F)c4)cc(-c4cc(C(F)(F)F)cc(C(F)(F)F)c4)c3)CC[C@H]1C[C@@H]2[C@@H](O)c1ccnc2ccccc12.[Br-]. The number of benzene rings is 4. The molecule has 0 amide bonds. The first-order valence-electron chi connectivity index (χ1n) is 17.8. The van der Waals surface area contributed by atoms with Gasteiger partial charge in [0.1, 0.15) is 18.7 Å². The van der Waals surface area contributed by atoms with Crippen LogP contribution in [0.2, 0.25) is 0 Å². The fourth-order valence-electron chi connectivity index (χ4n) is 8.69. The molecule has 0 unspecified atom stereocenters. The van der Waals surface area contributed by atoms with Gasteiger partial charge in [-0.1, -0.05) is 24.3 Å². The monoisotopic (exact) mass is 888 g/mol. The number of alkyl halides is 12. The van der Waals surface area contributed by atoms with Gasteiger partial charge in [-0.3, -0.25) is 4.98 Å². The number of rotatable bonds is 7. The fourth-order valence-corrected chi connectivity index (χ4v) is 8.69. The van der Waals surface area contributed by atoms with E-state index in [0.717, 1.165) is 6.07 Å². The Bertz CT molecular complexity index is 2170. The number of aliphatic hydroxyl groups is 1. The van der Waals surface area contributed by atoms with E-state index >= 15 is 0 Å². The van der Waals surface area contributed by atoms with E-state index in [1.165, 1.54) is 12.1 Å². The number of para-hydroxylation sites is 1. The summed E-state index contributed by atoms with van der Waals surface area (Å²) in [6, 6.07) is 13.6. The van der Waals surface area contributed by atoms with Crippen LogP contribution in [-0.2, 0) is 31.2 Å². The van der Waals surface area contributed by atoms with E-state index < -0.39 is 70.2 Å². The molecule has 8 rings (SSSR count). The summed E-state index contributed by atoms with van der Waals surface area (Å²) in [5.74, 6) is 0.0589. The Morgan fingerprint density at radius 2 is 1.17 bits per heavy atom. The Morgan fingerprint density at radius 1 is 0.690 bits per heavy atom. The van der Waals surface area contributed by atoms with Crippen molar-refractivity contribution >= 4 is 10.9 Å². The Balaban J connectivity index is 0.00000567. The molecule has 58 heavy (non-hydrogen) atoms. The maximum atomic E-state index is 14.0. The molecule has 0 saturated carbocycles. The minimum Gasteiger partial charge on any atom is -1.00 e. The summed E-state index contributed by atoms with van der Waals surface area (Å²) >= 11 is 0. The normalized spacial score (nSPS) is 21.8. The van der Waals surface area contributed by atoms with Gasteiger partial charge in [-0.25, -0.2) is 0 Å². The molecule has 3 saturated heterocycles. The summed E-state index contributed by atoms with van der Waals surface area (Å²) in [6.45, 7) is 4.82. The summed E-state index contributed by atoms with van der Waals surface area (Å²) in [5.41, 5.74) is -7.02. The van der Waals surface area contributed by atoms with Crippen molar-refractivity contribution in [3.63, 3.8) is 0 Å². The zero-order valence-electron chi connectivity index (χ0n) is 30.0. The Kier molecular flexibility index (Phi) is 11.4. The van der Waals surface area contributed by atoms with Gasteiger partial charge < -0.3 is 26.6 Å². The van der Waals surface area contributed by atoms with Gasteiger partial charge in [-0.15, -0.1) is 6.58 Å². The number of hydrogen-bond acceptors (Lipinski definition) is 2. The van der Waals surface area contributed by atoms with Gasteiger partial charge in [0.05, 0.1) is 40.9 Å². The van der Waals surface area contributed by atoms with Crippen molar-refractivity contribution in [1.82, 2.24) is 4.98 Å². The van der Waals surface area contributed by atoms with Crippen LogP contribution in [0.3, 0.4) is 0 Å². The van der Waals surface area contributed by atoms with Gasteiger partial charge in [0, 0.05) is 35.9 Å². The van der Waals surface area contributed by atoms with Crippen LogP contribution in [0.25, 0.3) is 33.2 Å². The number of nitrogens with zero attached hydrogens (tertiary/aromatic N) is 2. The molecular formula is C42H33BrF12N2O. The molecule has 3 nitrogen and oxygen atoms in total. The maximum Gasteiger partial charge on any atom is 0.416 e. The molecule has 2 bridgehead atoms. The number of fused-ring (bicyclic) bond motifs is 4. The first-order chi connectivity index (χ1) is 26.6. The van der Waals surface area contributed by atoms with Crippen molar-refractivity contribution < 1.29 is 79.3 Å². The van der Waals surface area contributed by atoms with Crippen molar-refractivity contribution in [1.29, 1.82) is 0 Å². The molecule has 0 radical (unpaired) electrons. The highest BCUT2D eigenvalue weighted by molar-refractivity contribution is 5.82. The van der Waals surface area contributed by atoms with Gasteiger partial charge >= 0.3 is 24.7 Å². The van der Waals surface area contributed by atoms with E-state index in [2.05, 4.69) is 11.6 Å². The molecular weight excluding hydrogens is 856 g/mol. The van der Waals surface area contributed by atoms with Crippen LogP contribution in [0.4, 0.5) is 52.7 Å². The van der Waals surface area contributed by atoms with Crippen LogP contribution >= 0.6 is 0 Å². The van der Waals surface area contributed by atoms with Gasteiger partial charge in [-0.05, 0) is 100 Å². The Labute approximate surface area is 335 Å².